The van der Waals surface area contributed by atoms with Gasteiger partial charge in [0.2, 0.25) is 0 Å². The molecule has 1 heterocycles. The fourth-order valence-electron chi connectivity index (χ4n) is 2.39. The van der Waals surface area contributed by atoms with E-state index in [0.717, 1.165) is 5.75 Å². The van der Waals surface area contributed by atoms with E-state index in [1.807, 2.05) is 0 Å². The molecule has 1 unspecified atom stereocenters. The Labute approximate surface area is 123 Å². The smallest absolute Gasteiger partial charge is 0.169 e. The van der Waals surface area contributed by atoms with Gasteiger partial charge in [-0.15, -0.1) is 0 Å². The van der Waals surface area contributed by atoms with E-state index >= 15 is 0 Å². The Balaban J connectivity index is 2.53. The average Bonchev–Trinajstić information content (AvgIpc) is 2.37. The van der Waals surface area contributed by atoms with Crippen LogP contribution < -0.4 is 10.6 Å². The number of hydrogen-bond acceptors (Lipinski definition) is 5. The first-order valence-corrected chi connectivity index (χ1v) is 9.50. The Bertz CT molecular complexity index is 590. The van der Waals surface area contributed by atoms with E-state index in [-0.39, 0.29) is 6.04 Å². The lowest BCUT2D eigenvalue weighted by atomic mass is 10.1. The lowest BCUT2D eigenvalue weighted by molar-refractivity contribution is 0.576. The SMILES string of the molecule is C[C@@H](N)c1cccc(F)c1N1CCSCC1S(C)(=O)=O. The van der Waals surface area contributed by atoms with E-state index in [4.69, 9.17) is 5.73 Å². The Kier molecular flexibility index (Phi) is 4.61. The molecule has 1 fully saturated rings. The third-order valence-electron chi connectivity index (χ3n) is 3.37. The summed E-state index contributed by atoms with van der Waals surface area (Å²) >= 11 is 1.57. The number of rotatable bonds is 3. The van der Waals surface area contributed by atoms with Crippen molar-refractivity contribution < 1.29 is 12.8 Å². The minimum Gasteiger partial charge on any atom is -0.351 e. The largest absolute Gasteiger partial charge is 0.351 e. The molecule has 112 valence electrons. The Morgan fingerprint density at radius 2 is 2.20 bits per heavy atom. The molecule has 0 aromatic heterocycles. The van der Waals surface area contributed by atoms with Gasteiger partial charge in [-0.3, -0.25) is 0 Å². The van der Waals surface area contributed by atoms with E-state index in [1.54, 1.807) is 35.7 Å². The zero-order chi connectivity index (χ0) is 14.9. The summed E-state index contributed by atoms with van der Waals surface area (Å²) in [6.45, 7) is 2.27. The normalized spacial score (nSPS) is 21.8. The number of thioether (sulfide) groups is 1. The lowest BCUT2D eigenvalue weighted by Crippen LogP contribution is -2.48. The Morgan fingerprint density at radius 3 is 2.80 bits per heavy atom. The molecule has 1 aromatic carbocycles. The monoisotopic (exact) mass is 318 g/mol. The molecular formula is C13H19FN2O2S2. The molecule has 1 aliphatic heterocycles. The molecule has 0 bridgehead atoms. The van der Waals surface area contributed by atoms with E-state index in [1.165, 1.54) is 12.3 Å². The molecule has 2 N–H and O–H groups in total. The number of hydrogen-bond donors (Lipinski definition) is 1. The summed E-state index contributed by atoms with van der Waals surface area (Å²) in [5.41, 5.74) is 6.87. The van der Waals surface area contributed by atoms with Crippen LogP contribution in [0.1, 0.15) is 18.5 Å². The second kappa shape index (κ2) is 5.91. The van der Waals surface area contributed by atoms with Gasteiger partial charge in [-0.05, 0) is 18.6 Å². The molecule has 0 radical (unpaired) electrons. The molecule has 0 spiro atoms. The van der Waals surface area contributed by atoms with Gasteiger partial charge in [0.1, 0.15) is 11.2 Å². The zero-order valence-electron chi connectivity index (χ0n) is 11.5. The number of anilines is 1. The van der Waals surface area contributed by atoms with Crippen LogP contribution in [0.25, 0.3) is 0 Å². The van der Waals surface area contributed by atoms with Gasteiger partial charge in [0.05, 0.1) is 5.69 Å². The number of benzene rings is 1. The van der Waals surface area contributed by atoms with Crippen molar-refractivity contribution in [3.8, 4) is 0 Å². The summed E-state index contributed by atoms with van der Waals surface area (Å²) in [6.07, 6.45) is 1.20. The van der Waals surface area contributed by atoms with Gasteiger partial charge in [-0.2, -0.15) is 11.8 Å². The summed E-state index contributed by atoms with van der Waals surface area (Å²) in [5.74, 6) is 0.810. The highest BCUT2D eigenvalue weighted by Gasteiger charge is 2.34. The van der Waals surface area contributed by atoms with E-state index in [0.29, 0.717) is 23.5 Å². The van der Waals surface area contributed by atoms with Crippen LogP contribution in [0, 0.1) is 5.82 Å². The minimum absolute atomic E-state index is 0.332. The number of para-hydroxylation sites is 1. The van der Waals surface area contributed by atoms with Crippen LogP contribution in [0.5, 0.6) is 0 Å². The van der Waals surface area contributed by atoms with Gasteiger partial charge in [0.15, 0.2) is 9.84 Å². The maximum Gasteiger partial charge on any atom is 0.169 e. The van der Waals surface area contributed by atoms with Gasteiger partial charge in [0, 0.05) is 30.3 Å². The number of nitrogens with zero attached hydrogens (tertiary/aromatic N) is 1. The van der Waals surface area contributed by atoms with Crippen molar-refractivity contribution in [1.29, 1.82) is 0 Å². The highest BCUT2D eigenvalue weighted by Crippen LogP contribution is 2.33. The quantitative estimate of drug-likeness (QED) is 0.920. The van der Waals surface area contributed by atoms with E-state index in [2.05, 4.69) is 0 Å². The highest BCUT2D eigenvalue weighted by molar-refractivity contribution is 8.01. The van der Waals surface area contributed by atoms with Gasteiger partial charge in [-0.25, -0.2) is 12.8 Å². The summed E-state index contributed by atoms with van der Waals surface area (Å²) < 4.78 is 38.2. The predicted molar refractivity (Wildman–Crippen MR) is 82.3 cm³/mol. The summed E-state index contributed by atoms with van der Waals surface area (Å²) in [6, 6.07) is 4.36. The van der Waals surface area contributed by atoms with Crippen LogP contribution in [-0.2, 0) is 9.84 Å². The Morgan fingerprint density at radius 1 is 1.50 bits per heavy atom. The second-order valence-corrected chi connectivity index (χ2v) is 8.37. The predicted octanol–water partition coefficient (Wildman–Crippen LogP) is 1.77. The second-order valence-electron chi connectivity index (χ2n) is 5.02. The van der Waals surface area contributed by atoms with E-state index in [9.17, 15) is 12.8 Å². The summed E-state index contributed by atoms with van der Waals surface area (Å²) in [7, 11) is -3.28. The Hall–Kier alpha value is -0.790. The van der Waals surface area contributed by atoms with Crippen LogP contribution in [0.15, 0.2) is 18.2 Å². The van der Waals surface area contributed by atoms with Crippen molar-refractivity contribution in [2.45, 2.75) is 18.3 Å². The molecule has 0 amide bonds. The van der Waals surface area contributed by atoms with Crippen molar-refractivity contribution in [3.63, 3.8) is 0 Å². The molecule has 7 heteroatoms. The van der Waals surface area contributed by atoms with Gasteiger partial charge in [-0.1, -0.05) is 12.1 Å². The first kappa shape index (κ1) is 15.6. The topological polar surface area (TPSA) is 63.4 Å². The standard InChI is InChI=1S/C13H19FN2O2S2/c1-9(15)10-4-3-5-11(14)13(10)16-6-7-19-8-12(16)20(2,17)18/h3-5,9,12H,6-8,15H2,1-2H3/t9-,12?/m1/s1. The van der Waals surface area contributed by atoms with Crippen LogP contribution >= 0.6 is 11.8 Å². The maximum absolute atomic E-state index is 14.3. The molecule has 1 aliphatic rings. The first-order chi connectivity index (χ1) is 9.32. The zero-order valence-corrected chi connectivity index (χ0v) is 13.2. The lowest BCUT2D eigenvalue weighted by Gasteiger charge is -2.37. The third-order valence-corrected chi connectivity index (χ3v) is 6.02. The van der Waals surface area contributed by atoms with Crippen molar-refractivity contribution in [2.24, 2.45) is 5.73 Å². The fraction of sp³-hybridized carbons (Fsp3) is 0.538. The third kappa shape index (κ3) is 3.10. The molecule has 1 aromatic rings. The van der Waals surface area contributed by atoms with Crippen LogP contribution in [0.2, 0.25) is 0 Å². The number of nitrogens with two attached hydrogens (primary N) is 1. The van der Waals surface area contributed by atoms with Crippen molar-refractivity contribution in [2.75, 3.05) is 29.2 Å². The fourth-order valence-corrected chi connectivity index (χ4v) is 5.22. The molecule has 4 nitrogen and oxygen atoms in total. The van der Waals surface area contributed by atoms with Gasteiger partial charge in [0.25, 0.3) is 0 Å². The molecule has 2 rings (SSSR count). The summed E-state index contributed by atoms with van der Waals surface area (Å²) in [5, 5.41) is -0.698. The van der Waals surface area contributed by atoms with Crippen LogP contribution in [0.4, 0.5) is 10.1 Å². The van der Waals surface area contributed by atoms with Crippen molar-refractivity contribution in [1.82, 2.24) is 0 Å². The molecule has 2 atom stereocenters. The minimum atomic E-state index is -3.28. The van der Waals surface area contributed by atoms with Crippen molar-refractivity contribution >= 4 is 27.3 Å². The molecule has 0 saturated carbocycles. The van der Waals surface area contributed by atoms with Gasteiger partial charge < -0.3 is 10.6 Å². The molecule has 20 heavy (non-hydrogen) atoms. The molecule has 1 saturated heterocycles. The highest BCUT2D eigenvalue weighted by atomic mass is 32.2. The van der Waals surface area contributed by atoms with Crippen LogP contribution in [-0.4, -0.2) is 38.1 Å². The van der Waals surface area contributed by atoms with Crippen LogP contribution in [0.3, 0.4) is 0 Å². The summed E-state index contributed by atoms with van der Waals surface area (Å²) in [4.78, 5) is 1.65. The number of halogens is 1. The molecular weight excluding hydrogens is 299 g/mol. The maximum atomic E-state index is 14.3. The molecule has 0 aliphatic carbocycles. The number of sulfone groups is 1. The average molecular weight is 318 g/mol. The first-order valence-electron chi connectivity index (χ1n) is 6.39. The van der Waals surface area contributed by atoms with E-state index < -0.39 is 21.0 Å². The van der Waals surface area contributed by atoms with Crippen molar-refractivity contribution in [3.05, 3.63) is 29.6 Å². The van der Waals surface area contributed by atoms with Gasteiger partial charge >= 0.3 is 0 Å².